The zero-order chi connectivity index (χ0) is 32.0. The van der Waals surface area contributed by atoms with Gasteiger partial charge in [0.2, 0.25) is 0 Å². The van der Waals surface area contributed by atoms with E-state index in [9.17, 15) is 8.42 Å². The molecule has 1 N–H and O–H groups in total. The molecule has 0 radical (unpaired) electrons. The first-order valence-electron chi connectivity index (χ1n) is 16.3. The number of aromatic nitrogens is 4. The fourth-order valence-electron chi connectivity index (χ4n) is 7.86. The standard InChI is InChI=1S/C35H46N6O2S2/c1-20(2)25-10-11-30(41-18-24(19-45(7,42)43)34(41)28-14-22(5)8-9-26(28)21(3)4)29-16-38-33(15-27(25)29)39-32-12-13-36-35(40-32)31-17-37-23(6)44-31/h10-13,15-17,20-22,24,26,28,34H,8-9,14,18-19H2,1-7H3,(H,36,38,39,40)/t22?,24-,26?,28?,34+/m0/s1. The Bertz CT molecular complexity index is 1790. The highest BCUT2D eigenvalue weighted by Crippen LogP contribution is 2.49. The molecule has 6 rings (SSSR count). The molecule has 4 aromatic rings. The molecule has 0 bridgehead atoms. The van der Waals surface area contributed by atoms with Crippen LogP contribution in [0.5, 0.6) is 0 Å². The van der Waals surface area contributed by atoms with Crippen LogP contribution in [0.15, 0.2) is 42.9 Å². The maximum Gasteiger partial charge on any atom is 0.173 e. The Labute approximate surface area is 272 Å². The predicted octanol–water partition coefficient (Wildman–Crippen LogP) is 7.88. The molecular formula is C35H46N6O2S2. The van der Waals surface area contributed by atoms with Gasteiger partial charge in [0.05, 0.1) is 15.6 Å². The molecule has 2 fully saturated rings. The van der Waals surface area contributed by atoms with Crippen LogP contribution in [-0.2, 0) is 9.84 Å². The molecule has 45 heavy (non-hydrogen) atoms. The largest absolute Gasteiger partial charge is 0.367 e. The van der Waals surface area contributed by atoms with Crippen LogP contribution in [0, 0.1) is 36.5 Å². The molecule has 4 heterocycles. The molecule has 0 amide bonds. The second-order valence-corrected chi connectivity index (χ2v) is 17.5. The summed E-state index contributed by atoms with van der Waals surface area (Å²) >= 11 is 1.57. The van der Waals surface area contributed by atoms with Crippen molar-refractivity contribution in [3.8, 4) is 10.7 Å². The monoisotopic (exact) mass is 646 g/mol. The van der Waals surface area contributed by atoms with Gasteiger partial charge < -0.3 is 10.2 Å². The normalized spacial score (nSPS) is 23.9. The Morgan fingerprint density at radius 3 is 2.51 bits per heavy atom. The number of rotatable bonds is 9. The lowest BCUT2D eigenvalue weighted by atomic mass is 9.63. The minimum Gasteiger partial charge on any atom is -0.367 e. The predicted molar refractivity (Wildman–Crippen MR) is 186 cm³/mol. The van der Waals surface area contributed by atoms with Crippen molar-refractivity contribution in [1.82, 2.24) is 19.9 Å². The first-order valence-corrected chi connectivity index (χ1v) is 19.2. The van der Waals surface area contributed by atoms with Crippen LogP contribution in [0.2, 0.25) is 0 Å². The van der Waals surface area contributed by atoms with Gasteiger partial charge in [-0.15, -0.1) is 11.3 Å². The van der Waals surface area contributed by atoms with E-state index in [1.807, 2.05) is 25.4 Å². The Morgan fingerprint density at radius 1 is 1.02 bits per heavy atom. The second-order valence-electron chi connectivity index (χ2n) is 14.1. The first kappa shape index (κ1) is 31.9. The summed E-state index contributed by atoms with van der Waals surface area (Å²) < 4.78 is 25.1. The van der Waals surface area contributed by atoms with Gasteiger partial charge in [-0.3, -0.25) is 0 Å². The lowest BCUT2D eigenvalue weighted by Gasteiger charge is -2.57. The summed E-state index contributed by atoms with van der Waals surface area (Å²) in [6, 6.07) is 8.70. The second kappa shape index (κ2) is 12.6. The summed E-state index contributed by atoms with van der Waals surface area (Å²) in [7, 11) is -3.09. The maximum absolute atomic E-state index is 12.6. The van der Waals surface area contributed by atoms with Gasteiger partial charge in [0.25, 0.3) is 0 Å². The molecule has 5 atom stereocenters. The van der Waals surface area contributed by atoms with E-state index >= 15 is 0 Å². The SMILES string of the molecule is Cc1ncc(-c2nccc(Nc3cc4c(C(C)C)ccc(N5C[C@@H](CS(C)(=O)=O)[C@@H]5C5CC(C)CCC5C(C)C)c4cn3)n2)s1. The highest BCUT2D eigenvalue weighted by molar-refractivity contribution is 7.90. The van der Waals surface area contributed by atoms with Crippen LogP contribution in [-0.4, -0.2) is 52.9 Å². The first-order chi connectivity index (χ1) is 21.4. The number of aryl methyl sites for hydroxylation is 1. The molecule has 0 spiro atoms. The molecular weight excluding hydrogens is 601 g/mol. The Hall–Kier alpha value is -3.11. The van der Waals surface area contributed by atoms with E-state index in [2.05, 4.69) is 73.0 Å². The third-order valence-corrected chi connectivity index (χ3v) is 11.8. The van der Waals surface area contributed by atoms with Crippen molar-refractivity contribution < 1.29 is 8.42 Å². The highest BCUT2D eigenvalue weighted by atomic mass is 32.2. The highest BCUT2D eigenvalue weighted by Gasteiger charge is 2.49. The summed E-state index contributed by atoms with van der Waals surface area (Å²) in [6.07, 6.45) is 10.6. The van der Waals surface area contributed by atoms with E-state index in [-0.39, 0.29) is 17.7 Å². The lowest BCUT2D eigenvalue weighted by molar-refractivity contribution is 0.0750. The van der Waals surface area contributed by atoms with Gasteiger partial charge in [-0.05, 0) is 78.5 Å². The zero-order valence-electron chi connectivity index (χ0n) is 27.5. The molecule has 8 nitrogen and oxygen atoms in total. The fourth-order valence-corrected chi connectivity index (χ4v) is 9.66. The summed E-state index contributed by atoms with van der Waals surface area (Å²) in [6.45, 7) is 14.2. The van der Waals surface area contributed by atoms with E-state index in [1.54, 1.807) is 17.5 Å². The van der Waals surface area contributed by atoms with Crippen molar-refractivity contribution in [2.45, 2.75) is 72.8 Å². The van der Waals surface area contributed by atoms with Gasteiger partial charge in [0, 0.05) is 54.4 Å². The number of hydrogen-bond donors (Lipinski definition) is 1. The molecule has 2 aliphatic rings. The number of hydrogen-bond acceptors (Lipinski definition) is 9. The summed E-state index contributed by atoms with van der Waals surface area (Å²) in [5, 5.41) is 6.67. The maximum atomic E-state index is 12.6. The van der Waals surface area contributed by atoms with Crippen LogP contribution in [0.4, 0.5) is 17.3 Å². The van der Waals surface area contributed by atoms with Crippen LogP contribution in [0.3, 0.4) is 0 Å². The summed E-state index contributed by atoms with van der Waals surface area (Å²) in [5.41, 5.74) is 2.42. The smallest absolute Gasteiger partial charge is 0.173 e. The van der Waals surface area contributed by atoms with Gasteiger partial charge in [-0.1, -0.05) is 47.1 Å². The van der Waals surface area contributed by atoms with Gasteiger partial charge in [-0.2, -0.15) is 0 Å². The molecule has 3 unspecified atom stereocenters. The van der Waals surface area contributed by atoms with E-state index in [0.717, 1.165) is 45.1 Å². The summed E-state index contributed by atoms with van der Waals surface area (Å²) in [5.74, 6) is 5.05. The molecule has 3 aromatic heterocycles. The number of pyridine rings is 1. The van der Waals surface area contributed by atoms with E-state index < -0.39 is 9.84 Å². The molecule has 1 aliphatic carbocycles. The zero-order valence-corrected chi connectivity index (χ0v) is 29.1. The Balaban J connectivity index is 1.37. The van der Waals surface area contributed by atoms with E-state index in [4.69, 9.17) is 9.97 Å². The third kappa shape index (κ3) is 6.73. The third-order valence-electron chi connectivity index (χ3n) is 9.90. The van der Waals surface area contributed by atoms with Gasteiger partial charge in [0.1, 0.15) is 21.5 Å². The fraction of sp³-hybridized carbons (Fsp3) is 0.543. The van der Waals surface area contributed by atoms with E-state index in [1.165, 1.54) is 24.7 Å². The number of nitrogens with one attached hydrogen (secondary N) is 1. The van der Waals surface area contributed by atoms with Gasteiger partial charge in [-0.25, -0.2) is 28.4 Å². The molecule has 1 saturated carbocycles. The lowest BCUT2D eigenvalue weighted by Crippen LogP contribution is -2.64. The quantitative estimate of drug-likeness (QED) is 0.196. The molecule has 1 saturated heterocycles. The average Bonchev–Trinajstić information content (AvgIpc) is 3.40. The molecule has 1 aliphatic heterocycles. The summed E-state index contributed by atoms with van der Waals surface area (Å²) in [4.78, 5) is 21.9. The van der Waals surface area contributed by atoms with Crippen LogP contribution in [0.25, 0.3) is 21.5 Å². The number of benzene rings is 1. The van der Waals surface area contributed by atoms with Crippen molar-refractivity contribution in [3.05, 3.63) is 53.4 Å². The van der Waals surface area contributed by atoms with E-state index in [0.29, 0.717) is 41.2 Å². The van der Waals surface area contributed by atoms with Crippen LogP contribution < -0.4 is 10.2 Å². The van der Waals surface area contributed by atoms with Gasteiger partial charge in [0.15, 0.2) is 5.82 Å². The number of thiazole rings is 1. The molecule has 240 valence electrons. The number of anilines is 3. The van der Waals surface area contributed by atoms with Crippen molar-refractivity contribution in [2.24, 2.45) is 29.6 Å². The number of fused-ring (bicyclic) bond motifs is 1. The molecule has 1 aromatic carbocycles. The van der Waals surface area contributed by atoms with Crippen molar-refractivity contribution in [1.29, 1.82) is 0 Å². The minimum atomic E-state index is -3.09. The van der Waals surface area contributed by atoms with Crippen LogP contribution in [0.1, 0.15) is 70.4 Å². The van der Waals surface area contributed by atoms with Crippen molar-refractivity contribution in [2.75, 3.05) is 28.8 Å². The Kier molecular flexibility index (Phi) is 8.91. The number of nitrogens with zero attached hydrogens (tertiary/aromatic N) is 5. The van der Waals surface area contributed by atoms with Gasteiger partial charge >= 0.3 is 0 Å². The molecule has 10 heteroatoms. The average molecular weight is 647 g/mol. The topological polar surface area (TPSA) is 101 Å². The van der Waals surface area contributed by atoms with Crippen molar-refractivity contribution in [3.63, 3.8) is 0 Å². The Morgan fingerprint density at radius 2 is 1.82 bits per heavy atom. The van der Waals surface area contributed by atoms with Crippen LogP contribution >= 0.6 is 11.3 Å². The number of sulfone groups is 1. The minimum absolute atomic E-state index is 0.138. The van der Waals surface area contributed by atoms with Crippen molar-refractivity contribution >= 4 is 49.3 Å².